The van der Waals surface area contributed by atoms with E-state index in [1.54, 1.807) is 7.11 Å². The number of benzene rings is 2. The van der Waals surface area contributed by atoms with Gasteiger partial charge in [0.15, 0.2) is 5.60 Å². The fraction of sp³-hybridized carbons (Fsp3) is 0.350. The molecule has 0 aliphatic carbocycles. The molecule has 2 aromatic rings. The van der Waals surface area contributed by atoms with Crippen molar-refractivity contribution in [1.29, 1.82) is 0 Å². The van der Waals surface area contributed by atoms with Crippen LogP contribution in [0.15, 0.2) is 59.8 Å². The van der Waals surface area contributed by atoms with E-state index in [9.17, 15) is 0 Å². The molecular weight excluding hydrogens is 300 g/mol. The summed E-state index contributed by atoms with van der Waals surface area (Å²) in [6, 6.07) is 18.7. The quantitative estimate of drug-likeness (QED) is 0.864. The third-order valence-electron chi connectivity index (χ3n) is 4.91. The van der Waals surface area contributed by atoms with Gasteiger partial charge in [-0.1, -0.05) is 35.5 Å². The number of rotatable bonds is 4. The number of hydrogen-bond acceptors (Lipinski definition) is 4. The third-order valence-corrected chi connectivity index (χ3v) is 4.91. The molecule has 4 nitrogen and oxygen atoms in total. The second kappa shape index (κ2) is 6.29. The maximum atomic E-state index is 5.91. The van der Waals surface area contributed by atoms with Crippen molar-refractivity contribution in [3.05, 3.63) is 65.7 Å². The van der Waals surface area contributed by atoms with Crippen LogP contribution >= 0.6 is 0 Å². The maximum absolute atomic E-state index is 5.91. The first kappa shape index (κ1) is 15.2. The summed E-state index contributed by atoms with van der Waals surface area (Å²) in [7, 11) is 1.68. The molecule has 2 aromatic carbocycles. The van der Waals surface area contributed by atoms with Crippen LogP contribution in [0.2, 0.25) is 0 Å². The Labute approximate surface area is 142 Å². The number of hydrogen-bond donors (Lipinski definition) is 0. The van der Waals surface area contributed by atoms with E-state index in [4.69, 9.17) is 9.57 Å². The first-order valence-corrected chi connectivity index (χ1v) is 8.42. The lowest BCUT2D eigenvalue weighted by atomic mass is 9.93. The minimum Gasteiger partial charge on any atom is -0.497 e. The molecule has 0 radical (unpaired) electrons. The maximum Gasteiger partial charge on any atom is 0.157 e. The van der Waals surface area contributed by atoms with Gasteiger partial charge < -0.3 is 9.57 Å². The molecule has 2 aliphatic heterocycles. The van der Waals surface area contributed by atoms with Gasteiger partial charge in [-0.15, -0.1) is 0 Å². The van der Waals surface area contributed by atoms with Gasteiger partial charge in [0.05, 0.1) is 12.8 Å². The third kappa shape index (κ3) is 3.02. The van der Waals surface area contributed by atoms with Crippen LogP contribution in [0.5, 0.6) is 5.75 Å². The summed E-state index contributed by atoms with van der Waals surface area (Å²) < 4.78 is 5.22. The predicted octanol–water partition coefficient (Wildman–Crippen LogP) is 3.46. The molecule has 2 heterocycles. The molecule has 124 valence electrons. The van der Waals surface area contributed by atoms with Gasteiger partial charge in [0.25, 0.3) is 0 Å². The van der Waals surface area contributed by atoms with Crippen molar-refractivity contribution in [1.82, 2.24) is 4.90 Å². The Morgan fingerprint density at radius 2 is 1.92 bits per heavy atom. The van der Waals surface area contributed by atoms with Crippen LogP contribution in [0.4, 0.5) is 0 Å². The second-order valence-corrected chi connectivity index (χ2v) is 6.66. The summed E-state index contributed by atoms with van der Waals surface area (Å²) in [5.74, 6) is 0.864. The Balaban J connectivity index is 1.40. The number of methoxy groups -OCH3 is 1. The highest BCUT2D eigenvalue weighted by Gasteiger charge is 2.45. The van der Waals surface area contributed by atoms with Crippen molar-refractivity contribution in [3.8, 4) is 5.75 Å². The van der Waals surface area contributed by atoms with Crippen molar-refractivity contribution in [2.45, 2.75) is 25.0 Å². The summed E-state index contributed by atoms with van der Waals surface area (Å²) in [6.45, 7) is 2.97. The van der Waals surface area contributed by atoms with Gasteiger partial charge in [-0.3, -0.25) is 4.90 Å². The Hall–Kier alpha value is -2.33. The molecule has 1 saturated heterocycles. The van der Waals surface area contributed by atoms with Crippen LogP contribution in [0, 0.1) is 0 Å². The minimum atomic E-state index is -0.149. The topological polar surface area (TPSA) is 34.1 Å². The first-order chi connectivity index (χ1) is 11.8. The van der Waals surface area contributed by atoms with Gasteiger partial charge >= 0.3 is 0 Å². The highest BCUT2D eigenvalue weighted by molar-refractivity contribution is 6.01. The van der Waals surface area contributed by atoms with Crippen LogP contribution in [-0.4, -0.2) is 36.4 Å². The van der Waals surface area contributed by atoms with Gasteiger partial charge in [0.2, 0.25) is 0 Å². The predicted molar refractivity (Wildman–Crippen MR) is 94.3 cm³/mol. The lowest BCUT2D eigenvalue weighted by Crippen LogP contribution is -2.33. The summed E-state index contributed by atoms with van der Waals surface area (Å²) in [5.41, 5.74) is 3.36. The summed E-state index contributed by atoms with van der Waals surface area (Å²) in [4.78, 5) is 8.37. The molecule has 4 heteroatoms. The standard InChI is InChI=1S/C20H22N2O2/c1-23-18-9-7-17(8-10-18)19-13-20(24-21-19)11-12-22(15-20)14-16-5-3-2-4-6-16/h2-10H,11-15H2,1H3. The molecule has 1 spiro atoms. The highest BCUT2D eigenvalue weighted by Crippen LogP contribution is 2.36. The zero-order valence-corrected chi connectivity index (χ0v) is 13.9. The Morgan fingerprint density at radius 3 is 2.67 bits per heavy atom. The number of nitrogens with zero attached hydrogens (tertiary/aromatic N) is 2. The van der Waals surface area contributed by atoms with Gasteiger partial charge in [0.1, 0.15) is 5.75 Å². The van der Waals surface area contributed by atoms with Crippen molar-refractivity contribution in [2.75, 3.05) is 20.2 Å². The first-order valence-electron chi connectivity index (χ1n) is 8.42. The van der Waals surface area contributed by atoms with E-state index in [0.717, 1.165) is 49.5 Å². The Morgan fingerprint density at radius 1 is 1.12 bits per heavy atom. The molecule has 1 unspecified atom stereocenters. The molecule has 0 amide bonds. The van der Waals surface area contributed by atoms with Crippen molar-refractivity contribution >= 4 is 5.71 Å². The molecule has 0 N–H and O–H groups in total. The molecule has 0 saturated carbocycles. The summed E-state index contributed by atoms with van der Waals surface area (Å²) in [5, 5.41) is 4.39. The zero-order valence-electron chi connectivity index (χ0n) is 13.9. The molecule has 1 fully saturated rings. The monoisotopic (exact) mass is 322 g/mol. The number of ether oxygens (including phenoxy) is 1. The fourth-order valence-corrected chi connectivity index (χ4v) is 3.58. The summed E-state index contributed by atoms with van der Waals surface area (Å²) >= 11 is 0. The van der Waals surface area contributed by atoms with E-state index < -0.39 is 0 Å². The van der Waals surface area contributed by atoms with Crippen molar-refractivity contribution in [3.63, 3.8) is 0 Å². The van der Waals surface area contributed by atoms with Crippen molar-refractivity contribution in [2.24, 2.45) is 5.16 Å². The van der Waals surface area contributed by atoms with Crippen LogP contribution in [0.3, 0.4) is 0 Å². The number of likely N-dealkylation sites (tertiary alicyclic amines) is 1. The van der Waals surface area contributed by atoms with Gasteiger partial charge in [-0.05, 0) is 35.4 Å². The lowest BCUT2D eigenvalue weighted by molar-refractivity contribution is -0.0104. The van der Waals surface area contributed by atoms with Crippen LogP contribution in [0.25, 0.3) is 0 Å². The van der Waals surface area contributed by atoms with Crippen LogP contribution in [-0.2, 0) is 11.4 Å². The second-order valence-electron chi connectivity index (χ2n) is 6.66. The zero-order chi connectivity index (χ0) is 16.4. The van der Waals surface area contributed by atoms with Gasteiger partial charge in [-0.25, -0.2) is 0 Å². The van der Waals surface area contributed by atoms with E-state index in [1.807, 2.05) is 12.1 Å². The normalized spacial score (nSPS) is 23.3. The van der Waals surface area contributed by atoms with E-state index in [-0.39, 0.29) is 5.60 Å². The molecule has 1 atom stereocenters. The molecule has 0 aromatic heterocycles. The molecule has 2 aliphatic rings. The Bertz CT molecular complexity index is 727. The van der Waals surface area contributed by atoms with E-state index >= 15 is 0 Å². The lowest BCUT2D eigenvalue weighted by Gasteiger charge is -2.21. The summed E-state index contributed by atoms with van der Waals surface area (Å²) in [6.07, 6.45) is 1.91. The molecule has 4 rings (SSSR count). The van der Waals surface area contributed by atoms with E-state index in [2.05, 4.69) is 52.5 Å². The van der Waals surface area contributed by atoms with E-state index in [0.29, 0.717) is 0 Å². The fourth-order valence-electron chi connectivity index (χ4n) is 3.58. The molecule has 24 heavy (non-hydrogen) atoms. The number of oxime groups is 1. The highest BCUT2D eigenvalue weighted by atomic mass is 16.7. The van der Waals surface area contributed by atoms with Crippen LogP contribution < -0.4 is 4.74 Å². The molecular formula is C20H22N2O2. The largest absolute Gasteiger partial charge is 0.497 e. The minimum absolute atomic E-state index is 0.149. The van der Waals surface area contributed by atoms with Gasteiger partial charge in [-0.2, -0.15) is 0 Å². The van der Waals surface area contributed by atoms with E-state index in [1.165, 1.54) is 5.56 Å². The van der Waals surface area contributed by atoms with Crippen molar-refractivity contribution < 1.29 is 9.57 Å². The van der Waals surface area contributed by atoms with Gasteiger partial charge in [0, 0.05) is 32.5 Å². The molecule has 0 bridgehead atoms. The smallest absolute Gasteiger partial charge is 0.157 e. The SMILES string of the molecule is COc1ccc(C2=NOC3(CCN(Cc4ccccc4)C3)C2)cc1. The Kier molecular flexibility index (Phi) is 3.98. The van der Waals surface area contributed by atoms with Crippen LogP contribution in [0.1, 0.15) is 24.0 Å². The average Bonchev–Trinajstić information content (AvgIpc) is 3.23. The average molecular weight is 322 g/mol.